The van der Waals surface area contributed by atoms with E-state index in [9.17, 15) is 14.4 Å². The number of carbonyl (C=O) groups is 3. The average Bonchev–Trinajstić information content (AvgIpc) is 3.02. The third-order valence-corrected chi connectivity index (χ3v) is 3.93. The highest BCUT2D eigenvalue weighted by atomic mass is 79.9. The summed E-state index contributed by atoms with van der Waals surface area (Å²) in [5.41, 5.74) is 0.216. The van der Waals surface area contributed by atoms with E-state index in [1.54, 1.807) is 31.2 Å². The lowest BCUT2D eigenvalue weighted by Gasteiger charge is -2.10. The van der Waals surface area contributed by atoms with Crippen LogP contribution < -0.4 is 5.32 Å². The van der Waals surface area contributed by atoms with Gasteiger partial charge < -0.3 is 10.1 Å². The first-order valence-electron chi connectivity index (χ1n) is 6.99. The number of benzene rings is 1. The number of hydrogen-bond donors (Lipinski definition) is 1. The molecule has 1 aliphatic heterocycles. The number of rotatable bonds is 4. The summed E-state index contributed by atoms with van der Waals surface area (Å²) < 4.78 is 5.64. The van der Waals surface area contributed by atoms with E-state index in [1.165, 1.54) is 6.08 Å². The molecule has 0 radical (unpaired) electrons. The first kappa shape index (κ1) is 16.6. The molecule has 0 aliphatic carbocycles. The van der Waals surface area contributed by atoms with E-state index in [1.807, 2.05) is 0 Å². The van der Waals surface area contributed by atoms with E-state index in [-0.39, 0.29) is 5.57 Å². The smallest absolute Gasteiger partial charge is 0.349 e. The van der Waals surface area contributed by atoms with Crippen LogP contribution in [0.25, 0.3) is 0 Å². The van der Waals surface area contributed by atoms with E-state index in [4.69, 9.17) is 4.74 Å². The van der Waals surface area contributed by atoms with Crippen LogP contribution in [0.2, 0.25) is 0 Å². The average molecular weight is 366 g/mol. The zero-order valence-corrected chi connectivity index (χ0v) is 13.7. The van der Waals surface area contributed by atoms with Gasteiger partial charge in [0.1, 0.15) is 11.6 Å². The molecule has 2 rings (SSSR count). The summed E-state index contributed by atoms with van der Waals surface area (Å²) in [5.74, 6) is -2.01. The molecule has 0 bridgehead atoms. The van der Waals surface area contributed by atoms with Crippen molar-refractivity contribution in [1.29, 1.82) is 0 Å². The third kappa shape index (κ3) is 3.90. The molecule has 22 heavy (non-hydrogen) atoms. The normalized spacial score (nSPS) is 18.1. The predicted molar refractivity (Wildman–Crippen MR) is 84.4 cm³/mol. The van der Waals surface area contributed by atoms with Crippen molar-refractivity contribution < 1.29 is 19.1 Å². The summed E-state index contributed by atoms with van der Waals surface area (Å²) in [7, 11) is 0. The molecule has 5 nitrogen and oxygen atoms in total. The number of halogens is 1. The molecule has 0 amide bonds. The van der Waals surface area contributed by atoms with E-state index < -0.39 is 23.8 Å². The van der Waals surface area contributed by atoms with Crippen LogP contribution in [0.4, 0.5) is 0 Å². The van der Waals surface area contributed by atoms with Crippen molar-refractivity contribution in [3.05, 3.63) is 46.0 Å². The summed E-state index contributed by atoms with van der Waals surface area (Å²) in [5, 5.41) is 2.95. The van der Waals surface area contributed by atoms with Gasteiger partial charge in [0.05, 0.1) is 0 Å². The Hall–Kier alpha value is -1.79. The van der Waals surface area contributed by atoms with Crippen molar-refractivity contribution >= 4 is 33.7 Å². The van der Waals surface area contributed by atoms with Crippen LogP contribution in [0, 0.1) is 0 Å². The lowest BCUT2D eigenvalue weighted by molar-refractivity contribution is -0.158. The Bertz CT molecular complexity index is 616. The van der Waals surface area contributed by atoms with Gasteiger partial charge in [0.25, 0.3) is 0 Å². The standard InChI is InChI=1S/C16H16BrNO4/c1-2-12(14(19)10-5-7-11(17)8-6-10)15(20)22-16(21)13-4-3-9-18-13/h2,5-8,13,18H,3-4,9H2,1H3/t13-/m0/s1. The second-order valence-corrected chi connectivity index (χ2v) is 5.81. The SMILES string of the molecule is CC=C(C(=O)OC(=O)[C@@H]1CCCN1)C(=O)c1ccc(Br)cc1. The molecule has 1 N–H and O–H groups in total. The van der Waals surface area contributed by atoms with Crippen LogP contribution in [0.3, 0.4) is 0 Å². The van der Waals surface area contributed by atoms with Crippen LogP contribution in [-0.2, 0) is 14.3 Å². The minimum absolute atomic E-state index is 0.145. The number of nitrogens with one attached hydrogen (secondary N) is 1. The third-order valence-electron chi connectivity index (χ3n) is 3.40. The van der Waals surface area contributed by atoms with E-state index >= 15 is 0 Å². The maximum absolute atomic E-state index is 12.3. The lowest BCUT2D eigenvalue weighted by Crippen LogP contribution is -2.34. The Morgan fingerprint density at radius 1 is 1.27 bits per heavy atom. The maximum Gasteiger partial charge on any atom is 0.349 e. The molecule has 116 valence electrons. The van der Waals surface area contributed by atoms with Crippen molar-refractivity contribution in [3.63, 3.8) is 0 Å². The first-order valence-corrected chi connectivity index (χ1v) is 7.78. The first-order chi connectivity index (χ1) is 10.5. The van der Waals surface area contributed by atoms with E-state index in [0.29, 0.717) is 12.0 Å². The number of esters is 2. The van der Waals surface area contributed by atoms with Crippen molar-refractivity contribution in [1.82, 2.24) is 5.32 Å². The number of ether oxygens (including phenoxy) is 1. The Morgan fingerprint density at radius 2 is 1.95 bits per heavy atom. The predicted octanol–water partition coefficient (Wildman–Crippen LogP) is 2.40. The van der Waals surface area contributed by atoms with Gasteiger partial charge in [-0.25, -0.2) is 9.59 Å². The van der Waals surface area contributed by atoms with Crippen molar-refractivity contribution in [2.75, 3.05) is 6.54 Å². The van der Waals surface area contributed by atoms with Gasteiger partial charge in [0.2, 0.25) is 0 Å². The van der Waals surface area contributed by atoms with Crippen molar-refractivity contribution in [2.45, 2.75) is 25.8 Å². The Labute approximate surface area is 136 Å². The molecule has 6 heteroatoms. The van der Waals surface area contributed by atoms with Crippen LogP contribution in [0.15, 0.2) is 40.4 Å². The highest BCUT2D eigenvalue weighted by Gasteiger charge is 2.28. The zero-order valence-electron chi connectivity index (χ0n) is 12.1. The van der Waals surface area contributed by atoms with Crippen LogP contribution in [-0.4, -0.2) is 30.3 Å². The van der Waals surface area contributed by atoms with Gasteiger partial charge in [-0.1, -0.05) is 22.0 Å². The van der Waals surface area contributed by atoms with Gasteiger partial charge in [-0.2, -0.15) is 0 Å². The van der Waals surface area contributed by atoms with Gasteiger partial charge in [-0.15, -0.1) is 0 Å². The zero-order chi connectivity index (χ0) is 16.1. The fourth-order valence-corrected chi connectivity index (χ4v) is 2.47. The van der Waals surface area contributed by atoms with Gasteiger partial charge in [-0.3, -0.25) is 4.79 Å². The molecule has 0 spiro atoms. The lowest BCUT2D eigenvalue weighted by atomic mass is 10.0. The molecule has 1 saturated heterocycles. The fourth-order valence-electron chi connectivity index (χ4n) is 2.20. The number of allylic oxidation sites excluding steroid dienone is 1. The molecule has 1 aliphatic rings. The van der Waals surface area contributed by atoms with Crippen LogP contribution in [0.5, 0.6) is 0 Å². The van der Waals surface area contributed by atoms with E-state index in [2.05, 4.69) is 21.2 Å². The minimum Gasteiger partial charge on any atom is -0.388 e. The Balaban J connectivity index is 2.07. The molecule has 1 atom stereocenters. The minimum atomic E-state index is -0.908. The molecule has 0 unspecified atom stereocenters. The summed E-state index contributed by atoms with van der Waals surface area (Å²) in [6.45, 7) is 2.29. The van der Waals surface area contributed by atoms with Gasteiger partial charge in [0.15, 0.2) is 5.78 Å². The Kier molecular flexibility index (Phi) is 5.63. The summed E-state index contributed by atoms with van der Waals surface area (Å²) in [4.78, 5) is 36.2. The quantitative estimate of drug-likeness (QED) is 0.291. The number of carbonyl (C=O) groups excluding carboxylic acids is 3. The molecule has 1 heterocycles. The second kappa shape index (κ2) is 7.47. The van der Waals surface area contributed by atoms with Gasteiger partial charge in [0, 0.05) is 10.0 Å². The topological polar surface area (TPSA) is 72.5 Å². The number of Topliss-reactive ketones (excluding diaryl/α,β-unsaturated/α-hetero) is 1. The summed E-state index contributed by atoms with van der Waals surface area (Å²) in [6.07, 6.45) is 2.86. The molecule has 0 saturated carbocycles. The summed E-state index contributed by atoms with van der Waals surface area (Å²) >= 11 is 3.28. The van der Waals surface area contributed by atoms with Gasteiger partial charge in [-0.05, 0) is 50.6 Å². The molecule has 0 aromatic heterocycles. The van der Waals surface area contributed by atoms with Crippen LogP contribution >= 0.6 is 15.9 Å². The van der Waals surface area contributed by atoms with Gasteiger partial charge >= 0.3 is 11.9 Å². The molecular formula is C16H16BrNO4. The largest absolute Gasteiger partial charge is 0.388 e. The maximum atomic E-state index is 12.3. The van der Waals surface area contributed by atoms with Crippen LogP contribution in [0.1, 0.15) is 30.1 Å². The molecular weight excluding hydrogens is 350 g/mol. The molecule has 1 fully saturated rings. The summed E-state index contributed by atoms with van der Waals surface area (Å²) in [6, 6.07) is 6.15. The highest BCUT2D eigenvalue weighted by Crippen LogP contribution is 2.15. The van der Waals surface area contributed by atoms with E-state index in [0.717, 1.165) is 17.4 Å². The number of ketones is 1. The molecule has 1 aromatic rings. The van der Waals surface area contributed by atoms with Crippen molar-refractivity contribution in [3.8, 4) is 0 Å². The monoisotopic (exact) mass is 365 g/mol. The van der Waals surface area contributed by atoms with Crippen molar-refractivity contribution in [2.24, 2.45) is 0 Å². The highest BCUT2D eigenvalue weighted by molar-refractivity contribution is 9.10. The fraction of sp³-hybridized carbons (Fsp3) is 0.312. The second-order valence-electron chi connectivity index (χ2n) is 4.90. The Morgan fingerprint density at radius 3 is 2.50 bits per heavy atom. The molecule has 1 aromatic carbocycles. The number of hydrogen-bond acceptors (Lipinski definition) is 5.